The van der Waals surface area contributed by atoms with Gasteiger partial charge < -0.3 is 4.42 Å². The summed E-state index contributed by atoms with van der Waals surface area (Å²) >= 11 is 0. The molecule has 0 amide bonds. The summed E-state index contributed by atoms with van der Waals surface area (Å²) in [7, 11) is 1.70. The first-order valence-corrected chi connectivity index (χ1v) is 10.0. The summed E-state index contributed by atoms with van der Waals surface area (Å²) in [6.45, 7) is 13.7. The molecule has 0 unspecified atom stereocenters. The summed E-state index contributed by atoms with van der Waals surface area (Å²) in [6.07, 6.45) is -2.05. The maximum atomic E-state index is 9.21. The lowest BCUT2D eigenvalue weighted by Gasteiger charge is -2.14. The molecule has 4 rings (SSSR count). The van der Waals surface area contributed by atoms with Crippen LogP contribution in [0.4, 0.5) is 5.69 Å². The quantitative estimate of drug-likeness (QED) is 0.265. The Balaban J connectivity index is 2.24. The Hall–Kier alpha value is -3.12. The molecule has 2 aromatic heterocycles. The normalized spacial score (nSPS) is 15.4. The summed E-state index contributed by atoms with van der Waals surface area (Å²) in [5, 5.41) is 1.61. The predicted molar refractivity (Wildman–Crippen MR) is 124 cm³/mol. The van der Waals surface area contributed by atoms with Crippen molar-refractivity contribution < 1.29 is 17.2 Å². The number of benzene rings is 2. The molecule has 4 aromatic rings. The molecule has 3 heteroatoms. The SMILES string of the molecule is [2H]c1c(C([2H])([2H])C(C)C)c(C([2H])([2H])[2H])c(C)[n+](C)c1-c1c(C)ccc2c1oc1ccc([N+]#[C-])c(C)c12. The number of hydrogen-bond donors (Lipinski definition) is 0. The number of nitrogens with zero attached hydrogens (tertiary/aromatic N) is 2. The summed E-state index contributed by atoms with van der Waals surface area (Å²) < 4.78 is 59.4. The van der Waals surface area contributed by atoms with Gasteiger partial charge >= 0.3 is 0 Å². The van der Waals surface area contributed by atoms with E-state index in [1.807, 2.05) is 26.0 Å². The van der Waals surface area contributed by atoms with Gasteiger partial charge in [-0.25, -0.2) is 4.85 Å². The lowest BCUT2D eigenvalue weighted by molar-refractivity contribution is -0.667. The fourth-order valence-electron chi connectivity index (χ4n) is 4.01. The molecule has 0 N–H and O–H groups in total. The highest BCUT2D eigenvalue weighted by Crippen LogP contribution is 2.40. The third-order valence-electron chi connectivity index (χ3n) is 5.73. The van der Waals surface area contributed by atoms with Gasteiger partial charge in [0.05, 0.1) is 13.5 Å². The highest BCUT2D eigenvalue weighted by molar-refractivity contribution is 6.12. The number of fused-ring (bicyclic) bond motifs is 3. The largest absolute Gasteiger partial charge is 0.455 e. The van der Waals surface area contributed by atoms with Crippen molar-refractivity contribution >= 4 is 27.6 Å². The lowest BCUT2D eigenvalue weighted by Crippen LogP contribution is -2.36. The van der Waals surface area contributed by atoms with Crippen LogP contribution >= 0.6 is 0 Å². The van der Waals surface area contributed by atoms with Crippen LogP contribution in [0.3, 0.4) is 0 Å². The third kappa shape index (κ3) is 2.99. The molecule has 0 saturated heterocycles. The van der Waals surface area contributed by atoms with E-state index in [1.54, 1.807) is 44.5 Å². The van der Waals surface area contributed by atoms with Gasteiger partial charge in [-0.3, -0.25) is 0 Å². The Kier molecular flexibility index (Phi) is 3.40. The lowest BCUT2D eigenvalue weighted by atomic mass is 9.93. The number of pyridine rings is 1. The van der Waals surface area contributed by atoms with E-state index in [1.165, 1.54) is 0 Å². The van der Waals surface area contributed by atoms with Crippen LogP contribution in [-0.4, -0.2) is 0 Å². The van der Waals surface area contributed by atoms with E-state index in [0.717, 1.165) is 21.9 Å². The van der Waals surface area contributed by atoms with E-state index in [9.17, 15) is 1.37 Å². The van der Waals surface area contributed by atoms with Crippen LogP contribution < -0.4 is 4.57 Å². The zero-order chi connectivity index (χ0) is 26.9. The van der Waals surface area contributed by atoms with Gasteiger partial charge in [0.15, 0.2) is 11.4 Å². The molecule has 0 aliphatic heterocycles. The predicted octanol–water partition coefficient (Wildman–Crippen LogP) is 7.06. The van der Waals surface area contributed by atoms with Crippen molar-refractivity contribution in [2.24, 2.45) is 13.0 Å². The van der Waals surface area contributed by atoms with Crippen molar-refractivity contribution in [1.82, 2.24) is 0 Å². The molecule has 0 aliphatic rings. The van der Waals surface area contributed by atoms with Gasteiger partial charge in [-0.2, -0.15) is 4.57 Å². The molecule has 2 heterocycles. The summed E-state index contributed by atoms with van der Waals surface area (Å²) in [5.41, 5.74) is 4.44. The van der Waals surface area contributed by atoms with Crippen molar-refractivity contribution in [3.05, 3.63) is 69.7 Å². The average molecular weight is 404 g/mol. The van der Waals surface area contributed by atoms with Crippen LogP contribution in [-0.2, 0) is 13.4 Å². The van der Waals surface area contributed by atoms with Crippen molar-refractivity contribution in [3.63, 3.8) is 0 Å². The average Bonchev–Trinajstić information content (AvgIpc) is 3.16. The smallest absolute Gasteiger partial charge is 0.216 e. The van der Waals surface area contributed by atoms with E-state index < -0.39 is 19.1 Å². The van der Waals surface area contributed by atoms with Gasteiger partial charge in [0, 0.05) is 36.2 Å². The Labute approximate surface area is 187 Å². The molecule has 30 heavy (non-hydrogen) atoms. The second kappa shape index (κ2) is 7.29. The molecular formula is C27H29N2O+. The minimum atomic E-state index is -2.60. The molecule has 0 bridgehead atoms. The van der Waals surface area contributed by atoms with Gasteiger partial charge in [0.25, 0.3) is 0 Å². The van der Waals surface area contributed by atoms with Crippen molar-refractivity contribution in [2.75, 3.05) is 0 Å². The Morgan fingerprint density at radius 2 is 1.97 bits per heavy atom. The number of hydrogen-bond acceptors (Lipinski definition) is 1. The van der Waals surface area contributed by atoms with Crippen LogP contribution in [0, 0.1) is 40.1 Å². The van der Waals surface area contributed by atoms with E-state index >= 15 is 0 Å². The minimum absolute atomic E-state index is 0.109. The van der Waals surface area contributed by atoms with E-state index in [-0.39, 0.29) is 17.2 Å². The van der Waals surface area contributed by atoms with Gasteiger partial charge in [0.1, 0.15) is 18.2 Å². The topological polar surface area (TPSA) is 21.4 Å². The van der Waals surface area contributed by atoms with Crippen molar-refractivity contribution in [1.29, 1.82) is 0 Å². The Morgan fingerprint density at radius 1 is 1.20 bits per heavy atom. The second-order valence-electron chi connectivity index (χ2n) is 8.10. The number of rotatable bonds is 3. The highest BCUT2D eigenvalue weighted by atomic mass is 16.3. The first kappa shape index (κ1) is 14.0. The molecular weight excluding hydrogens is 368 g/mol. The third-order valence-corrected chi connectivity index (χ3v) is 5.73. The van der Waals surface area contributed by atoms with Crippen LogP contribution in [0.5, 0.6) is 0 Å². The first-order valence-electron chi connectivity index (χ1n) is 13.0. The van der Waals surface area contributed by atoms with E-state index in [4.69, 9.17) is 17.8 Å². The van der Waals surface area contributed by atoms with Crippen LogP contribution in [0.25, 0.3) is 38.0 Å². The highest BCUT2D eigenvalue weighted by Gasteiger charge is 2.25. The first-order chi connectivity index (χ1) is 16.6. The molecule has 0 atom stereocenters. The zero-order valence-corrected chi connectivity index (χ0v) is 18.2. The summed E-state index contributed by atoms with van der Waals surface area (Å²) in [4.78, 5) is 3.61. The molecule has 2 aromatic carbocycles. The van der Waals surface area contributed by atoms with Crippen LogP contribution in [0.2, 0.25) is 0 Å². The molecule has 0 saturated carbocycles. The van der Waals surface area contributed by atoms with Crippen molar-refractivity contribution in [3.8, 4) is 11.3 Å². The maximum Gasteiger partial charge on any atom is 0.216 e. The molecule has 0 spiro atoms. The molecule has 3 nitrogen and oxygen atoms in total. The number of furan rings is 1. The zero-order valence-electron chi connectivity index (χ0n) is 24.2. The fourth-order valence-corrected chi connectivity index (χ4v) is 4.01. The van der Waals surface area contributed by atoms with Gasteiger partial charge in [0.2, 0.25) is 5.69 Å². The second-order valence-corrected chi connectivity index (χ2v) is 8.10. The Bertz CT molecular complexity index is 1590. The van der Waals surface area contributed by atoms with E-state index in [0.29, 0.717) is 33.8 Å². The minimum Gasteiger partial charge on any atom is -0.455 e. The van der Waals surface area contributed by atoms with Gasteiger partial charge in [-0.15, -0.1) is 0 Å². The van der Waals surface area contributed by atoms with Gasteiger partial charge in [-0.1, -0.05) is 32.0 Å². The molecule has 152 valence electrons. The molecule has 0 radical (unpaired) electrons. The van der Waals surface area contributed by atoms with Crippen LogP contribution in [0.1, 0.15) is 50.0 Å². The van der Waals surface area contributed by atoms with Crippen molar-refractivity contribution in [2.45, 2.75) is 47.8 Å². The summed E-state index contributed by atoms with van der Waals surface area (Å²) in [6, 6.07) is 7.17. The van der Waals surface area contributed by atoms with E-state index in [2.05, 4.69) is 4.85 Å². The standard InChI is InChI=1S/C27H29N2O/c1-15(2)13-20-14-23(29(8)19(6)17(20)4)25-16(3)9-10-21-26-18(5)22(28-7)11-12-24(26)30-27(21)25/h9-12,14-15H,13H2,1-6,8H3/q+1/i4D3,13D2,14D. The Morgan fingerprint density at radius 3 is 2.63 bits per heavy atom. The summed E-state index contributed by atoms with van der Waals surface area (Å²) in [5.74, 6) is -0.555. The maximum absolute atomic E-state index is 9.21. The fraction of sp³-hybridized carbons (Fsp3) is 0.333. The number of aryl methyl sites for hydroxylation is 2. The number of aromatic nitrogens is 1. The molecule has 0 fully saturated rings. The molecule has 0 aliphatic carbocycles. The van der Waals surface area contributed by atoms with Crippen LogP contribution in [0.15, 0.2) is 34.7 Å². The monoisotopic (exact) mass is 403 g/mol. The van der Waals surface area contributed by atoms with Gasteiger partial charge in [-0.05, 0) is 55.7 Å².